The Morgan fingerprint density at radius 1 is 1.28 bits per heavy atom. The second kappa shape index (κ2) is 5.37. The molecule has 5 nitrogen and oxygen atoms in total. The molecule has 3 rings (SSSR count). The normalized spacial score (nSPS) is 17.1. The van der Waals surface area contributed by atoms with Crippen LogP contribution in [-0.4, -0.2) is 53.7 Å². The van der Waals surface area contributed by atoms with Gasteiger partial charge < -0.3 is 13.9 Å². The van der Waals surface area contributed by atoms with Crippen LogP contribution < -0.4 is 4.74 Å². The molecule has 2 aromatic rings. The average molecular weight is 247 g/mol. The first-order valence-electron chi connectivity index (χ1n) is 6.27. The molecule has 96 valence electrons. The minimum absolute atomic E-state index is 0.709. The minimum atomic E-state index is 0.709. The van der Waals surface area contributed by atoms with Crippen molar-refractivity contribution in [3.8, 4) is 5.75 Å². The molecule has 0 bridgehead atoms. The van der Waals surface area contributed by atoms with Gasteiger partial charge in [0.1, 0.15) is 18.0 Å². The molecule has 2 aromatic heterocycles. The van der Waals surface area contributed by atoms with E-state index in [-0.39, 0.29) is 0 Å². The summed E-state index contributed by atoms with van der Waals surface area (Å²) in [6.07, 6.45) is 5.67. The largest absolute Gasteiger partial charge is 0.491 e. The maximum Gasteiger partial charge on any atom is 0.136 e. The molecular weight excluding hydrogens is 230 g/mol. The van der Waals surface area contributed by atoms with Crippen molar-refractivity contribution >= 4 is 5.65 Å². The third-order valence-electron chi connectivity index (χ3n) is 3.14. The molecule has 0 unspecified atom stereocenters. The zero-order chi connectivity index (χ0) is 12.2. The van der Waals surface area contributed by atoms with E-state index in [0.717, 1.165) is 44.2 Å². The summed E-state index contributed by atoms with van der Waals surface area (Å²) in [7, 11) is 0. The van der Waals surface area contributed by atoms with E-state index in [4.69, 9.17) is 9.47 Å². The van der Waals surface area contributed by atoms with Crippen molar-refractivity contribution in [2.75, 3.05) is 39.5 Å². The molecule has 0 aliphatic carbocycles. The predicted octanol–water partition coefficient (Wildman–Crippen LogP) is 1.05. The number of imidazole rings is 1. The Balaban J connectivity index is 1.52. The Hall–Kier alpha value is -1.59. The first-order valence-corrected chi connectivity index (χ1v) is 6.27. The van der Waals surface area contributed by atoms with Gasteiger partial charge in [0.2, 0.25) is 0 Å². The lowest BCUT2D eigenvalue weighted by atomic mass is 10.4. The number of pyridine rings is 1. The summed E-state index contributed by atoms with van der Waals surface area (Å²) in [5, 5.41) is 0. The third kappa shape index (κ3) is 2.63. The van der Waals surface area contributed by atoms with Gasteiger partial charge in [-0.15, -0.1) is 0 Å². The van der Waals surface area contributed by atoms with Crippen LogP contribution in [0.4, 0.5) is 0 Å². The van der Waals surface area contributed by atoms with Gasteiger partial charge in [-0.2, -0.15) is 0 Å². The number of fused-ring (bicyclic) bond motifs is 1. The molecule has 0 saturated carbocycles. The van der Waals surface area contributed by atoms with E-state index in [0.29, 0.717) is 6.61 Å². The predicted molar refractivity (Wildman–Crippen MR) is 67.9 cm³/mol. The number of hydrogen-bond acceptors (Lipinski definition) is 4. The molecule has 0 amide bonds. The Bertz CT molecular complexity index is 506. The summed E-state index contributed by atoms with van der Waals surface area (Å²) in [5.41, 5.74) is 0.940. The molecule has 18 heavy (non-hydrogen) atoms. The fraction of sp³-hybridized carbons (Fsp3) is 0.462. The van der Waals surface area contributed by atoms with Crippen molar-refractivity contribution in [2.45, 2.75) is 0 Å². The summed E-state index contributed by atoms with van der Waals surface area (Å²) >= 11 is 0. The van der Waals surface area contributed by atoms with E-state index in [2.05, 4.69) is 9.88 Å². The van der Waals surface area contributed by atoms with E-state index < -0.39 is 0 Å². The van der Waals surface area contributed by atoms with Crippen molar-refractivity contribution < 1.29 is 9.47 Å². The van der Waals surface area contributed by atoms with Crippen LogP contribution in [0.3, 0.4) is 0 Å². The van der Waals surface area contributed by atoms with Gasteiger partial charge in [-0.05, 0) is 12.1 Å². The standard InChI is InChI=1S/C13H17N3O2/c1-2-13-14-3-4-16(13)11-12(1)18-10-7-15-5-8-17-9-6-15/h1-4,11H,5-10H2. The maximum absolute atomic E-state index is 5.76. The summed E-state index contributed by atoms with van der Waals surface area (Å²) in [4.78, 5) is 6.56. The molecule has 1 aliphatic rings. The molecule has 1 saturated heterocycles. The van der Waals surface area contributed by atoms with Gasteiger partial charge in [0.05, 0.1) is 19.4 Å². The van der Waals surface area contributed by atoms with Crippen LogP contribution >= 0.6 is 0 Å². The van der Waals surface area contributed by atoms with Crippen LogP contribution in [-0.2, 0) is 4.74 Å². The average Bonchev–Trinajstić information content (AvgIpc) is 2.87. The third-order valence-corrected chi connectivity index (χ3v) is 3.14. The van der Waals surface area contributed by atoms with Gasteiger partial charge in [0.15, 0.2) is 0 Å². The highest BCUT2D eigenvalue weighted by Crippen LogP contribution is 2.12. The van der Waals surface area contributed by atoms with Crippen LogP contribution in [0.25, 0.3) is 5.65 Å². The van der Waals surface area contributed by atoms with Crippen LogP contribution in [0.5, 0.6) is 5.75 Å². The highest BCUT2D eigenvalue weighted by molar-refractivity contribution is 5.41. The zero-order valence-electron chi connectivity index (χ0n) is 10.3. The monoisotopic (exact) mass is 247 g/mol. The fourth-order valence-corrected chi connectivity index (χ4v) is 2.10. The van der Waals surface area contributed by atoms with E-state index in [1.54, 1.807) is 6.20 Å². The molecule has 0 N–H and O–H groups in total. The number of hydrogen-bond donors (Lipinski definition) is 0. The first kappa shape index (κ1) is 11.5. The van der Waals surface area contributed by atoms with Gasteiger partial charge in [-0.1, -0.05) is 0 Å². The fourth-order valence-electron chi connectivity index (χ4n) is 2.10. The quantitative estimate of drug-likeness (QED) is 0.809. The molecular formula is C13H17N3O2. The van der Waals surface area contributed by atoms with E-state index in [1.165, 1.54) is 0 Å². The Kier molecular flexibility index (Phi) is 3.43. The molecule has 0 radical (unpaired) electrons. The van der Waals surface area contributed by atoms with Crippen LogP contribution in [0.15, 0.2) is 30.7 Å². The molecule has 5 heteroatoms. The second-order valence-electron chi connectivity index (χ2n) is 4.36. The van der Waals surface area contributed by atoms with E-state index in [1.807, 2.05) is 28.9 Å². The van der Waals surface area contributed by atoms with Gasteiger partial charge >= 0.3 is 0 Å². The number of rotatable bonds is 4. The Labute approximate surface area is 106 Å². The first-order chi connectivity index (χ1) is 8.92. The number of aromatic nitrogens is 2. The maximum atomic E-state index is 5.76. The zero-order valence-corrected chi connectivity index (χ0v) is 10.3. The molecule has 0 spiro atoms. The summed E-state index contributed by atoms with van der Waals surface area (Å²) in [6.45, 7) is 5.33. The van der Waals surface area contributed by atoms with Crippen molar-refractivity contribution in [1.82, 2.24) is 14.3 Å². The van der Waals surface area contributed by atoms with E-state index >= 15 is 0 Å². The highest BCUT2D eigenvalue weighted by Gasteiger charge is 2.09. The van der Waals surface area contributed by atoms with Gasteiger partial charge in [-0.3, -0.25) is 4.90 Å². The van der Waals surface area contributed by atoms with Crippen LogP contribution in [0.1, 0.15) is 0 Å². The van der Waals surface area contributed by atoms with Crippen molar-refractivity contribution in [3.05, 3.63) is 30.7 Å². The van der Waals surface area contributed by atoms with Gasteiger partial charge in [0.25, 0.3) is 0 Å². The van der Waals surface area contributed by atoms with Gasteiger partial charge in [0, 0.05) is 32.0 Å². The molecule has 0 atom stereocenters. The molecule has 0 aromatic carbocycles. The molecule has 1 aliphatic heterocycles. The van der Waals surface area contributed by atoms with Crippen molar-refractivity contribution in [3.63, 3.8) is 0 Å². The summed E-state index contributed by atoms with van der Waals surface area (Å²) < 4.78 is 13.0. The van der Waals surface area contributed by atoms with Crippen LogP contribution in [0, 0.1) is 0 Å². The minimum Gasteiger partial charge on any atom is -0.491 e. The molecule has 1 fully saturated rings. The SMILES string of the molecule is c1cn2cc(OCCN3CCOCC3)ccc2n1. The van der Waals surface area contributed by atoms with Crippen molar-refractivity contribution in [1.29, 1.82) is 0 Å². The smallest absolute Gasteiger partial charge is 0.136 e. The lowest BCUT2D eigenvalue weighted by Crippen LogP contribution is -2.38. The summed E-state index contributed by atoms with van der Waals surface area (Å²) in [6, 6.07) is 3.92. The summed E-state index contributed by atoms with van der Waals surface area (Å²) in [5.74, 6) is 0.883. The van der Waals surface area contributed by atoms with E-state index in [9.17, 15) is 0 Å². The number of ether oxygens (including phenoxy) is 2. The molecule has 3 heterocycles. The van der Waals surface area contributed by atoms with Crippen molar-refractivity contribution in [2.24, 2.45) is 0 Å². The second-order valence-corrected chi connectivity index (χ2v) is 4.36. The van der Waals surface area contributed by atoms with Gasteiger partial charge in [-0.25, -0.2) is 4.98 Å². The number of nitrogens with zero attached hydrogens (tertiary/aromatic N) is 3. The van der Waals surface area contributed by atoms with Crippen LogP contribution in [0.2, 0.25) is 0 Å². The number of morpholine rings is 1. The topological polar surface area (TPSA) is 39.0 Å². The lowest BCUT2D eigenvalue weighted by molar-refractivity contribution is 0.0322. The Morgan fingerprint density at radius 2 is 2.17 bits per heavy atom. The highest BCUT2D eigenvalue weighted by atomic mass is 16.5. The Morgan fingerprint density at radius 3 is 3.06 bits per heavy atom. The lowest BCUT2D eigenvalue weighted by Gasteiger charge is -2.26.